The highest BCUT2D eigenvalue weighted by Gasteiger charge is 2.41. The highest BCUT2D eigenvalue weighted by molar-refractivity contribution is 6.31. The second-order valence-electron chi connectivity index (χ2n) is 6.44. The molecule has 130 valence electrons. The number of benzene rings is 2. The summed E-state index contributed by atoms with van der Waals surface area (Å²) in [5.74, 6) is -0.589. The van der Waals surface area contributed by atoms with Gasteiger partial charge in [-0.2, -0.15) is 5.26 Å². The molecule has 1 aliphatic carbocycles. The first kappa shape index (κ1) is 16.6. The summed E-state index contributed by atoms with van der Waals surface area (Å²) in [5.41, 5.74) is 1.61. The number of nitrogens with one attached hydrogen (secondary N) is 1. The number of nitriles is 1. The number of hydrogen-bond donors (Lipinski definition) is 1. The molecule has 5 nitrogen and oxygen atoms in total. The van der Waals surface area contributed by atoms with Crippen LogP contribution in [0.15, 0.2) is 42.5 Å². The van der Waals surface area contributed by atoms with Gasteiger partial charge < -0.3 is 5.32 Å². The minimum atomic E-state index is -0.505. The maximum atomic E-state index is 14.5. The highest BCUT2D eigenvalue weighted by atomic mass is 35.5. The van der Waals surface area contributed by atoms with Gasteiger partial charge in [-0.3, -0.25) is 10.1 Å². The first-order valence-electron chi connectivity index (χ1n) is 8.10. The fraction of sp³-hybridized carbons (Fsp3) is 0.211. The Kier molecular flexibility index (Phi) is 3.89. The smallest absolute Gasteiger partial charge is 0.271 e. The van der Waals surface area contributed by atoms with Crippen molar-refractivity contribution in [3.05, 3.63) is 80.1 Å². The van der Waals surface area contributed by atoms with Gasteiger partial charge in [-0.25, -0.2) is 4.39 Å². The summed E-state index contributed by atoms with van der Waals surface area (Å²) in [4.78, 5) is 10.7. The van der Waals surface area contributed by atoms with Crippen LogP contribution in [0.1, 0.15) is 35.1 Å². The zero-order valence-electron chi connectivity index (χ0n) is 13.4. The molecule has 0 fully saturated rings. The number of allylic oxidation sites excluding steroid dienone is 2. The van der Waals surface area contributed by atoms with Crippen molar-refractivity contribution >= 4 is 23.0 Å². The van der Waals surface area contributed by atoms with Crippen LogP contribution >= 0.6 is 11.6 Å². The van der Waals surface area contributed by atoms with Crippen molar-refractivity contribution in [2.45, 2.75) is 18.4 Å². The number of nitro groups is 1. The summed E-state index contributed by atoms with van der Waals surface area (Å²) in [6.45, 7) is 0. The van der Waals surface area contributed by atoms with Crippen LogP contribution in [0.3, 0.4) is 0 Å². The standard InChI is InChI=1S/C19H13ClFN3O2/c20-15-5-2-6-16(21)17(15)19-13-4-1-3-12(13)14-8-11(24(25)26)7-10(9-22)18(14)23-19/h1-3,5-8,12-13,19,23H,4H2/t12-,13+,19-/m1/s1. The van der Waals surface area contributed by atoms with Crippen LogP contribution in [0, 0.1) is 33.2 Å². The monoisotopic (exact) mass is 369 g/mol. The predicted octanol–water partition coefficient (Wildman–Crippen LogP) is 5.09. The second kappa shape index (κ2) is 6.11. The molecule has 0 aromatic heterocycles. The summed E-state index contributed by atoms with van der Waals surface area (Å²) < 4.78 is 14.5. The minimum Gasteiger partial charge on any atom is -0.376 e. The molecule has 4 rings (SSSR count). The molecule has 0 bridgehead atoms. The molecule has 1 aliphatic heterocycles. The van der Waals surface area contributed by atoms with Crippen LogP contribution < -0.4 is 5.32 Å². The van der Waals surface area contributed by atoms with Gasteiger partial charge in [0, 0.05) is 28.6 Å². The number of fused-ring (bicyclic) bond motifs is 3. The molecule has 2 aromatic carbocycles. The van der Waals surface area contributed by atoms with Crippen LogP contribution in [-0.4, -0.2) is 4.92 Å². The molecule has 0 amide bonds. The Morgan fingerprint density at radius 2 is 2.19 bits per heavy atom. The van der Waals surface area contributed by atoms with Gasteiger partial charge in [0.05, 0.1) is 22.2 Å². The van der Waals surface area contributed by atoms with Crippen molar-refractivity contribution < 1.29 is 9.31 Å². The van der Waals surface area contributed by atoms with Gasteiger partial charge in [0.25, 0.3) is 5.69 Å². The summed E-state index contributed by atoms with van der Waals surface area (Å²) in [6.07, 6.45) is 4.65. The first-order chi connectivity index (χ1) is 12.5. The normalized spacial score (nSPS) is 22.9. The molecular formula is C19H13ClFN3O2. The molecule has 0 unspecified atom stereocenters. The van der Waals surface area contributed by atoms with Crippen molar-refractivity contribution in [1.29, 1.82) is 5.26 Å². The molecule has 3 atom stereocenters. The Balaban J connectivity index is 1.91. The molecule has 2 aromatic rings. The second-order valence-corrected chi connectivity index (χ2v) is 6.84. The number of nitrogens with zero attached hydrogens (tertiary/aromatic N) is 2. The molecule has 1 heterocycles. The van der Waals surface area contributed by atoms with Crippen molar-refractivity contribution in [1.82, 2.24) is 0 Å². The topological polar surface area (TPSA) is 79.0 Å². The lowest BCUT2D eigenvalue weighted by Crippen LogP contribution is -2.30. The van der Waals surface area contributed by atoms with Gasteiger partial charge >= 0.3 is 0 Å². The molecule has 7 heteroatoms. The Morgan fingerprint density at radius 3 is 2.88 bits per heavy atom. The van der Waals surface area contributed by atoms with Crippen LogP contribution in [0.25, 0.3) is 0 Å². The lowest BCUT2D eigenvalue weighted by molar-refractivity contribution is -0.384. The lowest BCUT2D eigenvalue weighted by Gasteiger charge is -2.38. The molecular weight excluding hydrogens is 357 g/mol. The quantitative estimate of drug-likeness (QED) is 0.454. The molecule has 26 heavy (non-hydrogen) atoms. The van der Waals surface area contributed by atoms with Crippen LogP contribution in [0.5, 0.6) is 0 Å². The zero-order valence-corrected chi connectivity index (χ0v) is 14.2. The first-order valence-corrected chi connectivity index (χ1v) is 8.48. The third kappa shape index (κ3) is 2.44. The third-order valence-corrected chi connectivity index (χ3v) is 5.43. The molecule has 0 spiro atoms. The van der Waals surface area contributed by atoms with E-state index in [0.717, 1.165) is 0 Å². The number of rotatable bonds is 2. The minimum absolute atomic E-state index is 0.0366. The zero-order chi connectivity index (χ0) is 18.4. The Bertz CT molecular complexity index is 979. The molecule has 0 saturated carbocycles. The van der Waals surface area contributed by atoms with Crippen LogP contribution in [0.4, 0.5) is 15.8 Å². The van der Waals surface area contributed by atoms with E-state index in [4.69, 9.17) is 11.6 Å². The van der Waals surface area contributed by atoms with Gasteiger partial charge in [-0.15, -0.1) is 0 Å². The SMILES string of the molecule is N#Cc1cc([N+](=O)[O-])cc2c1N[C@@H](c1c(F)cccc1Cl)[C@H]1CC=C[C@@H]21. The molecule has 0 radical (unpaired) electrons. The Morgan fingerprint density at radius 1 is 1.38 bits per heavy atom. The van der Waals surface area contributed by atoms with E-state index in [1.165, 1.54) is 18.2 Å². The van der Waals surface area contributed by atoms with Crippen LogP contribution in [-0.2, 0) is 0 Å². The van der Waals surface area contributed by atoms with E-state index in [9.17, 15) is 19.8 Å². The maximum Gasteiger partial charge on any atom is 0.271 e. The summed E-state index contributed by atoms with van der Waals surface area (Å²) in [7, 11) is 0. The van der Waals surface area contributed by atoms with Crippen molar-refractivity contribution in [3.8, 4) is 6.07 Å². The Labute approximate surface area is 153 Å². The van der Waals surface area contributed by atoms with E-state index in [1.54, 1.807) is 12.1 Å². The van der Waals surface area contributed by atoms with E-state index >= 15 is 0 Å². The summed E-state index contributed by atoms with van der Waals surface area (Å²) in [5, 5.41) is 24.2. The van der Waals surface area contributed by atoms with E-state index < -0.39 is 16.8 Å². The number of anilines is 1. The fourth-order valence-electron chi connectivity index (χ4n) is 3.97. The molecule has 2 aliphatic rings. The average molecular weight is 370 g/mol. The van der Waals surface area contributed by atoms with E-state index in [1.807, 2.05) is 18.2 Å². The van der Waals surface area contributed by atoms with Gasteiger partial charge in [0.15, 0.2) is 0 Å². The third-order valence-electron chi connectivity index (χ3n) is 5.10. The average Bonchev–Trinajstić information content (AvgIpc) is 3.10. The molecule has 0 saturated heterocycles. The number of halogens is 2. The molecule has 1 N–H and O–H groups in total. The highest BCUT2D eigenvalue weighted by Crippen LogP contribution is 2.52. The fourth-order valence-corrected chi connectivity index (χ4v) is 4.25. The van der Waals surface area contributed by atoms with Crippen molar-refractivity contribution in [3.63, 3.8) is 0 Å². The van der Waals surface area contributed by atoms with Gasteiger partial charge in [0.2, 0.25) is 0 Å². The van der Waals surface area contributed by atoms with Crippen molar-refractivity contribution in [2.24, 2.45) is 5.92 Å². The van der Waals surface area contributed by atoms with Crippen molar-refractivity contribution in [2.75, 3.05) is 5.32 Å². The maximum absolute atomic E-state index is 14.5. The number of non-ortho nitro benzene ring substituents is 1. The van der Waals surface area contributed by atoms with Gasteiger partial charge in [0.1, 0.15) is 11.9 Å². The van der Waals surface area contributed by atoms with E-state index in [2.05, 4.69) is 5.32 Å². The van der Waals surface area contributed by atoms with Gasteiger partial charge in [-0.05, 0) is 30.0 Å². The van der Waals surface area contributed by atoms with Crippen LogP contribution in [0.2, 0.25) is 5.02 Å². The lowest BCUT2D eigenvalue weighted by atomic mass is 9.76. The van der Waals surface area contributed by atoms with E-state index in [0.29, 0.717) is 28.3 Å². The Hall–Kier alpha value is -2.91. The summed E-state index contributed by atoms with van der Waals surface area (Å²) >= 11 is 6.27. The summed E-state index contributed by atoms with van der Waals surface area (Å²) in [6, 6.07) is 8.86. The predicted molar refractivity (Wildman–Crippen MR) is 95.6 cm³/mol. The largest absolute Gasteiger partial charge is 0.376 e. The number of nitro benzene ring substituents is 1. The number of hydrogen-bond acceptors (Lipinski definition) is 4. The van der Waals surface area contributed by atoms with E-state index in [-0.39, 0.29) is 23.1 Å². The van der Waals surface area contributed by atoms with Gasteiger partial charge in [-0.1, -0.05) is 29.8 Å².